The van der Waals surface area contributed by atoms with Gasteiger partial charge in [0.1, 0.15) is 11.3 Å². The molecule has 3 fully saturated rings. The molecule has 3 saturated heterocycles. The van der Waals surface area contributed by atoms with E-state index >= 15 is 0 Å². The minimum Gasteiger partial charge on any atom is -0.378 e. The zero-order chi connectivity index (χ0) is 18.1. The van der Waals surface area contributed by atoms with Crippen molar-refractivity contribution < 1.29 is 19.1 Å². The van der Waals surface area contributed by atoms with Crippen molar-refractivity contribution in [3.05, 3.63) is 18.0 Å². The van der Waals surface area contributed by atoms with Crippen LogP contribution in [-0.2, 0) is 20.8 Å². The molecule has 4 heterocycles. The third-order valence-corrected chi connectivity index (χ3v) is 5.54. The molecule has 0 N–H and O–H groups in total. The molecule has 0 aromatic carbocycles. The van der Waals surface area contributed by atoms with E-state index in [1.54, 1.807) is 15.6 Å². The van der Waals surface area contributed by atoms with Crippen LogP contribution >= 0.6 is 0 Å². The SMILES string of the molecule is CCn1ccc(C(=O)N2CC3(CC(CC(=O)N4CCOCC4)CO3)C2)n1. The molecule has 0 bridgehead atoms. The van der Waals surface area contributed by atoms with E-state index in [4.69, 9.17) is 9.47 Å². The first kappa shape index (κ1) is 17.5. The fourth-order valence-corrected chi connectivity index (χ4v) is 4.09. The second-order valence-corrected chi connectivity index (χ2v) is 7.48. The molecular weight excluding hydrogens is 336 g/mol. The lowest BCUT2D eigenvalue weighted by molar-refractivity contribution is -0.136. The Morgan fingerprint density at radius 2 is 2.04 bits per heavy atom. The number of hydrogen-bond acceptors (Lipinski definition) is 5. The number of morpholine rings is 1. The summed E-state index contributed by atoms with van der Waals surface area (Å²) >= 11 is 0. The molecule has 1 aromatic heterocycles. The Balaban J connectivity index is 1.27. The van der Waals surface area contributed by atoms with Gasteiger partial charge in [-0.3, -0.25) is 14.3 Å². The van der Waals surface area contributed by atoms with Gasteiger partial charge in [0.25, 0.3) is 5.91 Å². The number of ether oxygens (including phenoxy) is 2. The Bertz CT molecular complexity index is 676. The number of hydrogen-bond donors (Lipinski definition) is 0. The Hall–Kier alpha value is -1.93. The first-order chi connectivity index (χ1) is 12.6. The van der Waals surface area contributed by atoms with Gasteiger partial charge in [0.05, 0.1) is 32.9 Å². The molecule has 8 nitrogen and oxygen atoms in total. The lowest BCUT2D eigenvalue weighted by Gasteiger charge is -2.46. The molecular formula is C18H26N4O4. The van der Waals surface area contributed by atoms with Crippen LogP contribution in [0.5, 0.6) is 0 Å². The number of aromatic nitrogens is 2. The molecule has 3 aliphatic rings. The van der Waals surface area contributed by atoms with E-state index in [0.717, 1.165) is 13.0 Å². The minimum atomic E-state index is -0.265. The van der Waals surface area contributed by atoms with Gasteiger partial charge in [-0.15, -0.1) is 0 Å². The van der Waals surface area contributed by atoms with Gasteiger partial charge in [0.15, 0.2) is 0 Å². The maximum absolute atomic E-state index is 12.5. The quantitative estimate of drug-likeness (QED) is 0.774. The van der Waals surface area contributed by atoms with Gasteiger partial charge in [-0.1, -0.05) is 0 Å². The average molecular weight is 362 g/mol. The van der Waals surface area contributed by atoms with Gasteiger partial charge in [0, 0.05) is 32.3 Å². The largest absolute Gasteiger partial charge is 0.378 e. The molecule has 1 spiro atoms. The fraction of sp³-hybridized carbons (Fsp3) is 0.722. The van der Waals surface area contributed by atoms with Crippen molar-refractivity contribution in [2.24, 2.45) is 5.92 Å². The van der Waals surface area contributed by atoms with E-state index in [0.29, 0.717) is 58.1 Å². The predicted molar refractivity (Wildman–Crippen MR) is 92.6 cm³/mol. The van der Waals surface area contributed by atoms with E-state index in [9.17, 15) is 9.59 Å². The van der Waals surface area contributed by atoms with Gasteiger partial charge in [-0.25, -0.2) is 0 Å². The standard InChI is InChI=1S/C18H26N4O4/c1-2-22-4-3-15(19-22)17(24)21-12-18(13-21)10-14(11-26-18)9-16(23)20-5-7-25-8-6-20/h3-4,14H,2,5-13H2,1H3. The third kappa shape index (κ3) is 3.35. The highest BCUT2D eigenvalue weighted by Crippen LogP contribution is 2.39. The van der Waals surface area contributed by atoms with E-state index in [1.165, 1.54) is 0 Å². The van der Waals surface area contributed by atoms with Crippen molar-refractivity contribution in [2.75, 3.05) is 46.0 Å². The van der Waals surface area contributed by atoms with Crippen LogP contribution in [0.4, 0.5) is 0 Å². The molecule has 0 saturated carbocycles. The van der Waals surface area contributed by atoms with Crippen molar-refractivity contribution in [1.82, 2.24) is 19.6 Å². The molecule has 0 radical (unpaired) electrons. The van der Waals surface area contributed by atoms with E-state index in [1.807, 2.05) is 18.0 Å². The topological polar surface area (TPSA) is 76.9 Å². The van der Waals surface area contributed by atoms with Crippen molar-refractivity contribution in [2.45, 2.75) is 31.9 Å². The molecule has 1 unspecified atom stereocenters. The van der Waals surface area contributed by atoms with Crippen molar-refractivity contribution >= 4 is 11.8 Å². The van der Waals surface area contributed by atoms with E-state index < -0.39 is 0 Å². The van der Waals surface area contributed by atoms with Crippen LogP contribution in [0.15, 0.2) is 12.3 Å². The third-order valence-electron chi connectivity index (χ3n) is 5.54. The molecule has 26 heavy (non-hydrogen) atoms. The molecule has 142 valence electrons. The number of rotatable bonds is 4. The summed E-state index contributed by atoms with van der Waals surface area (Å²) in [7, 11) is 0. The van der Waals surface area contributed by atoms with Crippen LogP contribution in [0.25, 0.3) is 0 Å². The summed E-state index contributed by atoms with van der Waals surface area (Å²) in [4.78, 5) is 28.6. The van der Waals surface area contributed by atoms with Crippen LogP contribution < -0.4 is 0 Å². The van der Waals surface area contributed by atoms with Crippen LogP contribution in [-0.4, -0.2) is 83.0 Å². The van der Waals surface area contributed by atoms with Crippen LogP contribution in [0.2, 0.25) is 0 Å². The first-order valence-corrected chi connectivity index (χ1v) is 9.41. The highest BCUT2D eigenvalue weighted by atomic mass is 16.5. The van der Waals surface area contributed by atoms with Crippen molar-refractivity contribution in [3.63, 3.8) is 0 Å². The lowest BCUT2D eigenvalue weighted by atomic mass is 9.85. The normalized spacial score (nSPS) is 24.7. The molecule has 3 aliphatic heterocycles. The molecule has 1 atom stereocenters. The molecule has 0 aliphatic carbocycles. The first-order valence-electron chi connectivity index (χ1n) is 9.41. The number of nitrogens with zero attached hydrogens (tertiary/aromatic N) is 4. The Morgan fingerprint density at radius 3 is 2.73 bits per heavy atom. The Labute approximate surface area is 153 Å². The van der Waals surface area contributed by atoms with Crippen LogP contribution in [0.1, 0.15) is 30.3 Å². The number of likely N-dealkylation sites (tertiary alicyclic amines) is 1. The molecule has 1 aromatic rings. The van der Waals surface area contributed by atoms with Crippen molar-refractivity contribution in [3.8, 4) is 0 Å². The highest BCUT2D eigenvalue weighted by Gasteiger charge is 2.51. The summed E-state index contributed by atoms with van der Waals surface area (Å²) in [6.07, 6.45) is 3.19. The summed E-state index contributed by atoms with van der Waals surface area (Å²) in [5, 5.41) is 4.28. The molecule has 2 amide bonds. The summed E-state index contributed by atoms with van der Waals surface area (Å²) in [6, 6.07) is 1.76. The zero-order valence-electron chi connectivity index (χ0n) is 15.2. The summed E-state index contributed by atoms with van der Waals surface area (Å²) in [6.45, 7) is 7.14. The molecule has 8 heteroatoms. The smallest absolute Gasteiger partial charge is 0.274 e. The van der Waals surface area contributed by atoms with Gasteiger partial charge < -0.3 is 19.3 Å². The summed E-state index contributed by atoms with van der Waals surface area (Å²) in [5.41, 5.74) is 0.220. The fourth-order valence-electron chi connectivity index (χ4n) is 4.09. The summed E-state index contributed by atoms with van der Waals surface area (Å²) in [5.74, 6) is 0.387. The predicted octanol–water partition coefficient (Wildman–Crippen LogP) is 0.383. The van der Waals surface area contributed by atoms with Crippen LogP contribution in [0, 0.1) is 5.92 Å². The van der Waals surface area contributed by atoms with Gasteiger partial charge in [-0.05, 0) is 25.3 Å². The van der Waals surface area contributed by atoms with E-state index in [2.05, 4.69) is 5.10 Å². The zero-order valence-corrected chi connectivity index (χ0v) is 15.2. The second kappa shape index (κ2) is 7.00. The van der Waals surface area contributed by atoms with Gasteiger partial charge in [0.2, 0.25) is 5.91 Å². The monoisotopic (exact) mass is 362 g/mol. The van der Waals surface area contributed by atoms with Gasteiger partial charge in [-0.2, -0.15) is 5.10 Å². The van der Waals surface area contributed by atoms with Crippen LogP contribution in [0.3, 0.4) is 0 Å². The highest BCUT2D eigenvalue weighted by molar-refractivity contribution is 5.93. The number of carbonyl (C=O) groups excluding carboxylic acids is 2. The number of amides is 2. The Kier molecular flexibility index (Phi) is 4.71. The average Bonchev–Trinajstić information content (AvgIpc) is 3.28. The van der Waals surface area contributed by atoms with E-state index in [-0.39, 0.29) is 23.3 Å². The minimum absolute atomic E-state index is 0.0423. The Morgan fingerprint density at radius 1 is 1.27 bits per heavy atom. The number of carbonyl (C=O) groups is 2. The van der Waals surface area contributed by atoms with Crippen molar-refractivity contribution in [1.29, 1.82) is 0 Å². The number of aryl methyl sites for hydroxylation is 1. The second-order valence-electron chi connectivity index (χ2n) is 7.48. The maximum atomic E-state index is 12.5. The molecule has 4 rings (SSSR count). The lowest BCUT2D eigenvalue weighted by Crippen LogP contribution is -2.63. The maximum Gasteiger partial charge on any atom is 0.274 e. The summed E-state index contributed by atoms with van der Waals surface area (Å²) < 4.78 is 13.1. The van der Waals surface area contributed by atoms with Gasteiger partial charge >= 0.3 is 0 Å².